The lowest BCUT2D eigenvalue weighted by Crippen LogP contribution is -2.42. The van der Waals surface area contributed by atoms with Gasteiger partial charge < -0.3 is 0 Å². The number of allylic oxidation sites excluding steroid dienone is 2. The van der Waals surface area contributed by atoms with Gasteiger partial charge in [-0.3, -0.25) is 0 Å². The summed E-state index contributed by atoms with van der Waals surface area (Å²) in [6.45, 7) is 8.66. The average molecular weight is 610 g/mol. The monoisotopic (exact) mass is 608 g/mol. The molecule has 0 bridgehead atoms. The average Bonchev–Trinajstić information content (AvgIpc) is 3.32. The minimum Gasteiger partial charge on any atom is -0.207 e. The van der Waals surface area contributed by atoms with Gasteiger partial charge in [0.15, 0.2) is 0 Å². The Hall–Kier alpha value is -3.12. The highest BCUT2D eigenvalue weighted by atomic mass is 35.5. The number of halogens is 6. The van der Waals surface area contributed by atoms with Crippen molar-refractivity contribution >= 4 is 41.3 Å². The molecule has 0 fully saturated rings. The second-order valence-electron chi connectivity index (χ2n) is 11.5. The predicted molar refractivity (Wildman–Crippen MR) is 163 cm³/mol. The highest BCUT2D eigenvalue weighted by molar-refractivity contribution is 6.82. The molecule has 0 saturated carbocycles. The van der Waals surface area contributed by atoms with Crippen LogP contribution in [0.15, 0.2) is 83.9 Å². The lowest BCUT2D eigenvalue weighted by Gasteiger charge is -2.39. The first-order chi connectivity index (χ1) is 19.4. The van der Waals surface area contributed by atoms with Crippen LogP contribution in [0.4, 0.5) is 17.6 Å². The van der Waals surface area contributed by atoms with Crippen molar-refractivity contribution < 1.29 is 17.6 Å². The number of fused-ring (bicyclic) bond motifs is 2. The first-order valence-electron chi connectivity index (χ1n) is 13.3. The van der Waals surface area contributed by atoms with Gasteiger partial charge in [0.2, 0.25) is 0 Å². The summed E-state index contributed by atoms with van der Waals surface area (Å²) in [4.78, 5) is 0. The Kier molecular flexibility index (Phi) is 6.84. The first-order valence-corrected chi connectivity index (χ1v) is 17.2. The van der Waals surface area contributed by atoms with E-state index < -0.39 is 31.3 Å². The van der Waals surface area contributed by atoms with Gasteiger partial charge in [-0.25, -0.2) is 17.6 Å². The molecule has 0 nitrogen and oxygen atoms in total. The van der Waals surface area contributed by atoms with E-state index in [-0.39, 0.29) is 11.1 Å². The Bertz CT molecular complexity index is 1650. The lowest BCUT2D eigenvalue weighted by molar-refractivity contribution is 0.583. The molecule has 2 unspecified atom stereocenters. The van der Waals surface area contributed by atoms with Gasteiger partial charge in [0.05, 0.1) is 8.07 Å². The van der Waals surface area contributed by atoms with E-state index in [1.165, 1.54) is 24.3 Å². The summed E-state index contributed by atoms with van der Waals surface area (Å²) in [5.41, 5.74) is 7.93. The molecule has 0 spiro atoms. The van der Waals surface area contributed by atoms with Crippen molar-refractivity contribution in [1.82, 2.24) is 0 Å². The summed E-state index contributed by atoms with van der Waals surface area (Å²) in [5, 5.41) is 1.20. The van der Waals surface area contributed by atoms with Gasteiger partial charge in [-0.05, 0) is 82.6 Å². The molecule has 0 aliphatic heterocycles. The molecule has 4 aromatic carbocycles. The largest absolute Gasteiger partial charge is 0.207 e. The van der Waals surface area contributed by atoms with Crippen LogP contribution in [-0.2, 0) is 0 Å². The maximum atomic E-state index is 14.2. The maximum absolute atomic E-state index is 14.2. The van der Waals surface area contributed by atoms with Crippen molar-refractivity contribution in [2.24, 2.45) is 0 Å². The van der Waals surface area contributed by atoms with E-state index in [0.29, 0.717) is 32.3 Å². The second kappa shape index (κ2) is 10.0. The molecule has 2 aliphatic carbocycles. The van der Waals surface area contributed by atoms with Crippen molar-refractivity contribution in [1.29, 1.82) is 0 Å². The van der Waals surface area contributed by atoms with Crippen LogP contribution in [-0.4, -0.2) is 8.07 Å². The molecular formula is C34H26Cl2F4Si. The molecule has 41 heavy (non-hydrogen) atoms. The molecule has 0 heterocycles. The summed E-state index contributed by atoms with van der Waals surface area (Å²) in [7, 11) is -2.42. The first kappa shape index (κ1) is 28.0. The van der Waals surface area contributed by atoms with Crippen LogP contribution < -0.4 is 0 Å². The van der Waals surface area contributed by atoms with E-state index in [9.17, 15) is 17.6 Å². The third-order valence-corrected chi connectivity index (χ3v) is 14.1. The molecule has 0 aromatic heterocycles. The zero-order valence-electron chi connectivity index (χ0n) is 22.9. The van der Waals surface area contributed by atoms with Gasteiger partial charge in [0.1, 0.15) is 23.3 Å². The van der Waals surface area contributed by atoms with Gasteiger partial charge in [0.25, 0.3) is 0 Å². The number of hydrogen-bond donors (Lipinski definition) is 0. The Morgan fingerprint density at radius 3 is 1.24 bits per heavy atom. The van der Waals surface area contributed by atoms with Crippen molar-refractivity contribution in [3.63, 3.8) is 0 Å². The normalized spacial score (nSPS) is 18.3. The standard InChI is InChI=1S/C34H26Cl2F4Si/c1-17-31(35)29-25(19-11-21(37)15-22(38)12-19)7-5-9-27(29)33(17)41(3,4)34-18(2)32(36)30-26(8-6-10-28(30)34)20-13-23(39)16-24(40)14-20/h5-16,33-34H,1-4H3. The maximum Gasteiger partial charge on any atom is 0.126 e. The van der Waals surface area contributed by atoms with E-state index >= 15 is 0 Å². The number of rotatable bonds is 4. The Morgan fingerprint density at radius 2 is 0.902 bits per heavy atom. The predicted octanol–water partition coefficient (Wildman–Crippen LogP) is 11.2. The number of hydrogen-bond acceptors (Lipinski definition) is 0. The topological polar surface area (TPSA) is 0 Å². The summed E-state index contributed by atoms with van der Waals surface area (Å²) in [5.74, 6) is -2.59. The van der Waals surface area contributed by atoms with Crippen LogP contribution in [0.25, 0.3) is 32.3 Å². The summed E-state index contributed by atoms with van der Waals surface area (Å²) in [6.07, 6.45) is 0. The second-order valence-corrected chi connectivity index (χ2v) is 17.1. The summed E-state index contributed by atoms with van der Waals surface area (Å²) >= 11 is 14.1. The van der Waals surface area contributed by atoms with Crippen LogP contribution in [0.3, 0.4) is 0 Å². The molecule has 0 amide bonds. The molecular weight excluding hydrogens is 583 g/mol. The Balaban J connectivity index is 1.51. The highest BCUT2D eigenvalue weighted by Crippen LogP contribution is 2.58. The fourth-order valence-corrected chi connectivity index (χ4v) is 13.0. The van der Waals surface area contributed by atoms with Crippen molar-refractivity contribution in [2.45, 2.75) is 38.0 Å². The molecule has 4 aromatic rings. The minimum atomic E-state index is -2.42. The van der Waals surface area contributed by atoms with E-state index in [4.69, 9.17) is 23.2 Å². The highest BCUT2D eigenvalue weighted by Gasteiger charge is 2.49. The fraction of sp³-hybridized carbons (Fsp3) is 0.176. The molecule has 7 heteroatoms. The summed E-state index contributed by atoms with van der Waals surface area (Å²) < 4.78 is 56.8. The molecule has 6 rings (SSSR count). The quantitative estimate of drug-likeness (QED) is 0.160. The molecule has 2 aliphatic rings. The van der Waals surface area contributed by atoms with E-state index in [1.807, 2.05) is 38.1 Å². The Morgan fingerprint density at radius 1 is 0.561 bits per heavy atom. The van der Waals surface area contributed by atoms with Crippen LogP contribution >= 0.6 is 23.2 Å². The van der Waals surface area contributed by atoms with Crippen molar-refractivity contribution in [3.05, 3.63) is 129 Å². The number of benzene rings is 4. The van der Waals surface area contributed by atoms with Crippen molar-refractivity contribution in [2.75, 3.05) is 0 Å². The van der Waals surface area contributed by atoms with Gasteiger partial charge in [-0.15, -0.1) is 0 Å². The Labute approximate surface area is 248 Å². The van der Waals surface area contributed by atoms with Crippen LogP contribution in [0.2, 0.25) is 13.1 Å². The fourth-order valence-electron chi connectivity index (χ4n) is 7.21. The molecule has 0 saturated heterocycles. The van der Waals surface area contributed by atoms with Crippen LogP contribution in [0.5, 0.6) is 0 Å². The van der Waals surface area contributed by atoms with E-state index in [2.05, 4.69) is 25.2 Å². The van der Waals surface area contributed by atoms with Gasteiger partial charge in [0, 0.05) is 44.4 Å². The van der Waals surface area contributed by atoms with Crippen LogP contribution in [0, 0.1) is 23.3 Å². The summed E-state index contributed by atoms with van der Waals surface area (Å²) in [6, 6.07) is 18.6. The third kappa shape index (κ3) is 4.41. The van der Waals surface area contributed by atoms with Gasteiger partial charge in [-0.2, -0.15) is 0 Å². The minimum absolute atomic E-state index is 0.00556. The molecule has 0 N–H and O–H groups in total. The third-order valence-electron chi connectivity index (χ3n) is 8.65. The van der Waals surface area contributed by atoms with Gasteiger partial charge in [-0.1, -0.05) is 72.7 Å². The smallest absolute Gasteiger partial charge is 0.126 e. The molecule has 208 valence electrons. The zero-order chi connectivity index (χ0) is 29.4. The van der Waals surface area contributed by atoms with Crippen LogP contribution in [0.1, 0.15) is 47.2 Å². The van der Waals surface area contributed by atoms with E-state index in [0.717, 1.165) is 45.5 Å². The van der Waals surface area contributed by atoms with E-state index in [1.54, 1.807) is 0 Å². The molecule has 2 atom stereocenters. The van der Waals surface area contributed by atoms with Crippen molar-refractivity contribution in [3.8, 4) is 22.3 Å². The lowest BCUT2D eigenvalue weighted by atomic mass is 9.96. The zero-order valence-corrected chi connectivity index (χ0v) is 25.4. The van der Waals surface area contributed by atoms with Gasteiger partial charge >= 0.3 is 0 Å². The SMILES string of the molecule is CC1=C(Cl)c2c(-c3cc(F)cc(F)c3)cccc2C1[Si](C)(C)C1C(C)=C(Cl)c2c(-c3cc(F)cc(F)c3)cccc21. The molecule has 0 radical (unpaired) electrons.